The molecule has 3 heteroatoms. The minimum Gasteiger partial charge on any atom is -0.353 e. The quantitative estimate of drug-likeness (QED) is 0.651. The van der Waals surface area contributed by atoms with Crippen LogP contribution in [0.15, 0.2) is 52.3 Å². The fraction of sp³-hybridized carbons (Fsp3) is 0.368. The smallest absolute Gasteiger partial charge is 0.0574 e. The zero-order chi connectivity index (χ0) is 15.5. The van der Waals surface area contributed by atoms with Crippen LogP contribution in [0.2, 0.25) is 0 Å². The standard InChI is InChI=1S/C19H24N2S/c1-4-16(21(5-2)6-3)14-10-9-13-18-19(14)20-15-11-7-8-12-17(15)22-18/h7-13,16,20H,4-6H2,1-3H3. The van der Waals surface area contributed by atoms with Crippen molar-refractivity contribution in [2.24, 2.45) is 0 Å². The lowest BCUT2D eigenvalue weighted by atomic mass is 10.00. The Balaban J connectivity index is 2.02. The van der Waals surface area contributed by atoms with E-state index in [0.29, 0.717) is 6.04 Å². The molecule has 0 radical (unpaired) electrons. The monoisotopic (exact) mass is 312 g/mol. The molecule has 0 aliphatic carbocycles. The molecule has 0 saturated carbocycles. The van der Waals surface area contributed by atoms with E-state index in [1.807, 2.05) is 11.8 Å². The lowest BCUT2D eigenvalue weighted by molar-refractivity contribution is 0.214. The first-order chi connectivity index (χ1) is 10.8. The van der Waals surface area contributed by atoms with E-state index in [-0.39, 0.29) is 0 Å². The van der Waals surface area contributed by atoms with E-state index in [2.05, 4.69) is 73.5 Å². The van der Waals surface area contributed by atoms with Crippen LogP contribution < -0.4 is 5.32 Å². The van der Waals surface area contributed by atoms with Crippen molar-refractivity contribution in [3.63, 3.8) is 0 Å². The predicted molar refractivity (Wildman–Crippen MR) is 96.2 cm³/mol. The van der Waals surface area contributed by atoms with Crippen LogP contribution in [0, 0.1) is 0 Å². The fourth-order valence-corrected chi connectivity index (χ4v) is 4.33. The Morgan fingerprint density at radius 2 is 1.68 bits per heavy atom. The van der Waals surface area contributed by atoms with Crippen molar-refractivity contribution in [2.45, 2.75) is 43.0 Å². The van der Waals surface area contributed by atoms with Gasteiger partial charge in [-0.15, -0.1) is 0 Å². The van der Waals surface area contributed by atoms with E-state index in [9.17, 15) is 0 Å². The Morgan fingerprint density at radius 1 is 0.955 bits per heavy atom. The number of rotatable bonds is 5. The lowest BCUT2D eigenvalue weighted by Gasteiger charge is -2.33. The van der Waals surface area contributed by atoms with Crippen LogP contribution in [0.3, 0.4) is 0 Å². The van der Waals surface area contributed by atoms with Crippen LogP contribution >= 0.6 is 11.8 Å². The zero-order valence-corrected chi connectivity index (χ0v) is 14.4. The summed E-state index contributed by atoms with van der Waals surface area (Å²) in [5.41, 5.74) is 3.94. The average molecular weight is 312 g/mol. The van der Waals surface area contributed by atoms with Crippen molar-refractivity contribution in [1.82, 2.24) is 4.90 Å². The molecule has 0 fully saturated rings. The van der Waals surface area contributed by atoms with E-state index in [4.69, 9.17) is 0 Å². The topological polar surface area (TPSA) is 15.3 Å². The first kappa shape index (κ1) is 15.4. The van der Waals surface area contributed by atoms with Gasteiger partial charge in [0.25, 0.3) is 0 Å². The number of nitrogens with one attached hydrogen (secondary N) is 1. The molecule has 22 heavy (non-hydrogen) atoms. The summed E-state index contributed by atoms with van der Waals surface area (Å²) in [5, 5.41) is 3.68. The molecule has 1 unspecified atom stereocenters. The van der Waals surface area contributed by atoms with Crippen LogP contribution in [0.5, 0.6) is 0 Å². The number of hydrogen-bond acceptors (Lipinski definition) is 3. The van der Waals surface area contributed by atoms with E-state index in [1.54, 1.807) is 0 Å². The van der Waals surface area contributed by atoms with Gasteiger partial charge in [0.1, 0.15) is 0 Å². The van der Waals surface area contributed by atoms with Crippen molar-refractivity contribution >= 4 is 23.1 Å². The highest BCUT2D eigenvalue weighted by atomic mass is 32.2. The van der Waals surface area contributed by atoms with Gasteiger partial charge >= 0.3 is 0 Å². The van der Waals surface area contributed by atoms with Gasteiger partial charge in [-0.05, 0) is 43.3 Å². The van der Waals surface area contributed by atoms with Gasteiger partial charge in [-0.25, -0.2) is 0 Å². The summed E-state index contributed by atoms with van der Waals surface area (Å²) >= 11 is 1.87. The second-order valence-corrected chi connectivity index (χ2v) is 6.67. The van der Waals surface area contributed by atoms with Crippen molar-refractivity contribution < 1.29 is 0 Å². The number of para-hydroxylation sites is 2. The molecule has 2 aromatic rings. The summed E-state index contributed by atoms with van der Waals surface area (Å²) in [7, 11) is 0. The molecule has 0 aromatic heterocycles. The highest BCUT2D eigenvalue weighted by Gasteiger charge is 2.24. The molecule has 2 nitrogen and oxygen atoms in total. The summed E-state index contributed by atoms with van der Waals surface area (Å²) in [6, 6.07) is 15.7. The van der Waals surface area contributed by atoms with Crippen molar-refractivity contribution in [1.29, 1.82) is 0 Å². The number of hydrogen-bond donors (Lipinski definition) is 1. The first-order valence-electron chi connectivity index (χ1n) is 8.19. The maximum absolute atomic E-state index is 3.68. The van der Waals surface area contributed by atoms with Gasteiger partial charge in [0.05, 0.1) is 11.4 Å². The zero-order valence-electron chi connectivity index (χ0n) is 13.6. The summed E-state index contributed by atoms with van der Waals surface area (Å²) < 4.78 is 0. The molecular formula is C19H24N2S. The number of anilines is 2. The number of fused-ring (bicyclic) bond motifs is 2. The fourth-order valence-electron chi connectivity index (χ4n) is 3.30. The third kappa shape index (κ3) is 2.75. The van der Waals surface area contributed by atoms with E-state index in [0.717, 1.165) is 19.5 Å². The summed E-state index contributed by atoms with van der Waals surface area (Å²) in [5.74, 6) is 0. The van der Waals surface area contributed by atoms with Gasteiger partial charge < -0.3 is 5.32 Å². The molecule has 0 amide bonds. The van der Waals surface area contributed by atoms with Crippen LogP contribution in [0.1, 0.15) is 38.8 Å². The van der Waals surface area contributed by atoms with E-state index < -0.39 is 0 Å². The van der Waals surface area contributed by atoms with Crippen molar-refractivity contribution in [3.8, 4) is 0 Å². The first-order valence-corrected chi connectivity index (χ1v) is 9.01. The summed E-state index contributed by atoms with van der Waals surface area (Å²) in [4.78, 5) is 5.19. The third-order valence-corrected chi connectivity index (χ3v) is 5.56. The van der Waals surface area contributed by atoms with E-state index in [1.165, 1.54) is 26.7 Å². The molecule has 2 aromatic carbocycles. The Morgan fingerprint density at radius 3 is 2.41 bits per heavy atom. The second-order valence-electron chi connectivity index (χ2n) is 5.59. The lowest BCUT2D eigenvalue weighted by Crippen LogP contribution is -2.28. The van der Waals surface area contributed by atoms with E-state index >= 15 is 0 Å². The molecule has 0 bridgehead atoms. The molecule has 3 rings (SSSR count). The normalized spacial score (nSPS) is 14.2. The molecule has 1 atom stereocenters. The van der Waals surface area contributed by atoms with Gasteiger partial charge in [0, 0.05) is 15.8 Å². The Labute approximate surface area is 137 Å². The molecule has 1 N–H and O–H groups in total. The third-order valence-electron chi connectivity index (χ3n) is 4.42. The van der Waals surface area contributed by atoms with Crippen molar-refractivity contribution in [3.05, 3.63) is 48.0 Å². The van der Waals surface area contributed by atoms with Crippen LogP contribution in [-0.2, 0) is 0 Å². The Hall–Kier alpha value is -1.45. The Kier molecular flexibility index (Phi) is 4.74. The SMILES string of the molecule is CCC(c1cccc2c1Nc1ccccc1S2)N(CC)CC. The molecule has 1 aliphatic rings. The van der Waals surface area contributed by atoms with Crippen LogP contribution in [0.25, 0.3) is 0 Å². The van der Waals surface area contributed by atoms with Gasteiger partial charge in [-0.1, -0.05) is 56.8 Å². The van der Waals surface area contributed by atoms with Crippen LogP contribution in [-0.4, -0.2) is 18.0 Å². The molecule has 1 aliphatic heterocycles. The van der Waals surface area contributed by atoms with Gasteiger partial charge in [0.2, 0.25) is 0 Å². The maximum Gasteiger partial charge on any atom is 0.0574 e. The molecule has 0 spiro atoms. The largest absolute Gasteiger partial charge is 0.353 e. The number of nitrogens with zero attached hydrogens (tertiary/aromatic N) is 1. The average Bonchev–Trinajstić information content (AvgIpc) is 2.57. The molecule has 116 valence electrons. The highest BCUT2D eigenvalue weighted by molar-refractivity contribution is 7.99. The molecular weight excluding hydrogens is 288 g/mol. The number of benzene rings is 2. The van der Waals surface area contributed by atoms with Crippen molar-refractivity contribution in [2.75, 3.05) is 18.4 Å². The highest BCUT2D eigenvalue weighted by Crippen LogP contribution is 2.47. The maximum atomic E-state index is 3.68. The van der Waals surface area contributed by atoms with Gasteiger partial charge in [-0.3, -0.25) is 4.90 Å². The molecule has 0 saturated heterocycles. The Bertz CT molecular complexity index is 650. The second kappa shape index (κ2) is 6.76. The van der Waals surface area contributed by atoms with Gasteiger partial charge in [-0.2, -0.15) is 0 Å². The summed E-state index contributed by atoms with van der Waals surface area (Å²) in [6.07, 6.45) is 1.13. The molecule has 1 heterocycles. The minimum absolute atomic E-state index is 0.475. The summed E-state index contributed by atoms with van der Waals surface area (Å²) in [6.45, 7) is 8.95. The van der Waals surface area contributed by atoms with Crippen LogP contribution in [0.4, 0.5) is 11.4 Å². The van der Waals surface area contributed by atoms with Gasteiger partial charge in [0.15, 0.2) is 0 Å². The predicted octanol–water partition coefficient (Wildman–Crippen LogP) is 5.69. The minimum atomic E-state index is 0.475.